The van der Waals surface area contributed by atoms with Crippen LogP contribution < -0.4 is 0 Å². The van der Waals surface area contributed by atoms with Gasteiger partial charge in [0.1, 0.15) is 13.2 Å². The molecule has 1 saturated heterocycles. The van der Waals surface area contributed by atoms with Crippen molar-refractivity contribution < 1.29 is 33.3 Å². The Morgan fingerprint density at radius 1 is 0.375 bits per heavy atom. The molecule has 64 heavy (non-hydrogen) atoms. The van der Waals surface area contributed by atoms with Crippen molar-refractivity contribution in [2.45, 2.75) is 322 Å². The van der Waals surface area contributed by atoms with Crippen LogP contribution >= 0.6 is 0 Å². The van der Waals surface area contributed by atoms with Crippen LogP contribution in [0.25, 0.3) is 0 Å². The predicted octanol–water partition coefficient (Wildman–Crippen LogP) is 17.5. The van der Waals surface area contributed by atoms with Gasteiger partial charge in [0.05, 0.1) is 12.2 Å². The second kappa shape index (κ2) is 47.6. The van der Waals surface area contributed by atoms with Gasteiger partial charge in [-0.05, 0) is 57.8 Å². The summed E-state index contributed by atoms with van der Waals surface area (Å²) in [6, 6.07) is 0. The lowest BCUT2D eigenvalue weighted by Gasteiger charge is -2.18. The van der Waals surface area contributed by atoms with E-state index in [1.165, 1.54) is 186 Å². The van der Waals surface area contributed by atoms with Crippen LogP contribution in [0.15, 0.2) is 12.2 Å². The first-order valence-corrected chi connectivity index (χ1v) is 28.3. The van der Waals surface area contributed by atoms with Gasteiger partial charge in [-0.25, -0.2) is 0 Å². The average Bonchev–Trinajstić information content (AvgIpc) is 4.05. The summed E-state index contributed by atoms with van der Waals surface area (Å²) in [4.78, 5) is 38.1. The Morgan fingerprint density at radius 2 is 0.656 bits per heavy atom. The van der Waals surface area contributed by atoms with Crippen LogP contribution in [0, 0.1) is 0 Å². The van der Waals surface area contributed by atoms with E-state index < -0.39 is 6.10 Å². The lowest BCUT2D eigenvalue weighted by atomic mass is 10.0. The largest absolute Gasteiger partial charge is 0.462 e. The standard InChI is InChI=1S/C57H106O7/c1-4-7-10-13-16-18-20-22-24-26-28-30-32-37-42-47-55(58)61-50-52(63-57(60)49-44-38-33-31-29-27-25-23-21-19-17-14-11-8-5-2)51-62-56(59)48-43-39-34-36-41-46-54-53(64-54)45-40-35-15-12-9-6-3/h23,25,52-54H,4-22,24,26-51H2,1-3H3/b25-23-. The van der Waals surface area contributed by atoms with E-state index >= 15 is 0 Å². The van der Waals surface area contributed by atoms with Crippen molar-refractivity contribution in [2.24, 2.45) is 0 Å². The predicted molar refractivity (Wildman–Crippen MR) is 270 cm³/mol. The summed E-state index contributed by atoms with van der Waals surface area (Å²) in [6.07, 6.45) is 56.3. The first-order chi connectivity index (χ1) is 31.5. The highest BCUT2D eigenvalue weighted by Crippen LogP contribution is 2.32. The Hall–Kier alpha value is -1.89. The number of hydrogen-bond acceptors (Lipinski definition) is 7. The minimum absolute atomic E-state index is 0.0759. The maximum absolute atomic E-state index is 12.8. The smallest absolute Gasteiger partial charge is 0.306 e. The van der Waals surface area contributed by atoms with Gasteiger partial charge in [0.15, 0.2) is 6.10 Å². The minimum Gasteiger partial charge on any atom is -0.462 e. The number of ether oxygens (including phenoxy) is 4. The molecule has 1 rings (SSSR count). The van der Waals surface area contributed by atoms with Gasteiger partial charge in [-0.2, -0.15) is 0 Å². The molecule has 7 nitrogen and oxygen atoms in total. The molecule has 0 aromatic rings. The fourth-order valence-electron chi connectivity index (χ4n) is 8.82. The van der Waals surface area contributed by atoms with Crippen molar-refractivity contribution >= 4 is 17.9 Å². The van der Waals surface area contributed by atoms with E-state index in [9.17, 15) is 14.4 Å². The molecule has 3 atom stereocenters. The average molecular weight is 903 g/mol. The second-order valence-corrected chi connectivity index (χ2v) is 19.6. The molecule has 1 aliphatic heterocycles. The summed E-state index contributed by atoms with van der Waals surface area (Å²) in [5, 5.41) is 0. The Morgan fingerprint density at radius 3 is 1.00 bits per heavy atom. The topological polar surface area (TPSA) is 91.4 Å². The number of allylic oxidation sites excluding steroid dienone is 2. The van der Waals surface area contributed by atoms with Gasteiger partial charge in [0.25, 0.3) is 0 Å². The molecule has 376 valence electrons. The Kier molecular flexibility index (Phi) is 44.7. The van der Waals surface area contributed by atoms with Crippen LogP contribution in [0.2, 0.25) is 0 Å². The first kappa shape index (κ1) is 60.1. The van der Waals surface area contributed by atoms with E-state index in [1.54, 1.807) is 0 Å². The number of hydrogen-bond donors (Lipinski definition) is 0. The second-order valence-electron chi connectivity index (χ2n) is 19.6. The van der Waals surface area contributed by atoms with E-state index in [0.717, 1.165) is 77.0 Å². The quantitative estimate of drug-likeness (QED) is 0.0197. The summed E-state index contributed by atoms with van der Waals surface area (Å²) in [6.45, 7) is 6.65. The van der Waals surface area contributed by atoms with Crippen molar-refractivity contribution in [1.82, 2.24) is 0 Å². The molecule has 1 fully saturated rings. The maximum Gasteiger partial charge on any atom is 0.306 e. The fraction of sp³-hybridized carbons (Fsp3) is 0.912. The third kappa shape index (κ3) is 42.7. The Labute approximate surface area is 396 Å². The lowest BCUT2D eigenvalue weighted by molar-refractivity contribution is -0.167. The molecule has 0 aromatic heterocycles. The van der Waals surface area contributed by atoms with Gasteiger partial charge >= 0.3 is 17.9 Å². The van der Waals surface area contributed by atoms with E-state index in [1.807, 2.05) is 0 Å². The van der Waals surface area contributed by atoms with Gasteiger partial charge in [-0.1, -0.05) is 238 Å². The zero-order valence-corrected chi connectivity index (χ0v) is 42.8. The van der Waals surface area contributed by atoms with Crippen LogP contribution in [0.4, 0.5) is 0 Å². The van der Waals surface area contributed by atoms with Gasteiger partial charge in [-0.15, -0.1) is 0 Å². The summed E-state index contributed by atoms with van der Waals surface area (Å²) in [5.41, 5.74) is 0. The molecule has 0 amide bonds. The van der Waals surface area contributed by atoms with E-state index in [2.05, 4.69) is 32.9 Å². The molecule has 0 radical (unpaired) electrons. The van der Waals surface area contributed by atoms with Crippen molar-refractivity contribution in [3.8, 4) is 0 Å². The minimum atomic E-state index is -0.779. The first-order valence-electron chi connectivity index (χ1n) is 28.3. The zero-order chi connectivity index (χ0) is 46.2. The molecular weight excluding hydrogens is 797 g/mol. The maximum atomic E-state index is 12.8. The molecule has 0 saturated carbocycles. The van der Waals surface area contributed by atoms with Gasteiger partial charge < -0.3 is 18.9 Å². The third-order valence-electron chi connectivity index (χ3n) is 13.2. The normalized spacial score (nSPS) is 15.2. The molecule has 7 heteroatoms. The highest BCUT2D eigenvalue weighted by Gasteiger charge is 2.36. The summed E-state index contributed by atoms with van der Waals surface area (Å²) in [7, 11) is 0. The van der Waals surface area contributed by atoms with Gasteiger partial charge in [-0.3, -0.25) is 14.4 Å². The van der Waals surface area contributed by atoms with Gasteiger partial charge in [0, 0.05) is 19.3 Å². The van der Waals surface area contributed by atoms with Crippen molar-refractivity contribution in [2.75, 3.05) is 13.2 Å². The molecule has 0 bridgehead atoms. The molecule has 0 N–H and O–H groups in total. The number of epoxide rings is 1. The number of esters is 3. The van der Waals surface area contributed by atoms with Crippen molar-refractivity contribution in [1.29, 1.82) is 0 Å². The van der Waals surface area contributed by atoms with Crippen LogP contribution in [0.5, 0.6) is 0 Å². The molecule has 3 unspecified atom stereocenters. The number of unbranched alkanes of at least 4 members (excludes halogenated alkanes) is 34. The Balaban J connectivity index is 2.26. The molecule has 0 aromatic carbocycles. The lowest BCUT2D eigenvalue weighted by Crippen LogP contribution is -2.30. The molecule has 1 aliphatic rings. The molecule has 0 spiro atoms. The van der Waals surface area contributed by atoms with E-state index in [-0.39, 0.29) is 31.1 Å². The molecular formula is C57H106O7. The van der Waals surface area contributed by atoms with Crippen LogP contribution in [-0.4, -0.2) is 49.4 Å². The zero-order valence-electron chi connectivity index (χ0n) is 42.8. The summed E-state index contributed by atoms with van der Waals surface area (Å²) in [5.74, 6) is -0.880. The van der Waals surface area contributed by atoms with Crippen molar-refractivity contribution in [3.05, 3.63) is 12.2 Å². The summed E-state index contributed by atoms with van der Waals surface area (Å²) < 4.78 is 22.8. The van der Waals surface area contributed by atoms with Crippen molar-refractivity contribution in [3.63, 3.8) is 0 Å². The highest BCUT2D eigenvalue weighted by atomic mass is 16.6. The van der Waals surface area contributed by atoms with Gasteiger partial charge in [0.2, 0.25) is 0 Å². The SMILES string of the molecule is CCCCCCCC/C=C\CCCCCCCC(=O)OC(COC(=O)CCCCCCCCCCCCCCCCC)COC(=O)CCCCCCCC1OC1CCCCCCCC. The summed E-state index contributed by atoms with van der Waals surface area (Å²) >= 11 is 0. The third-order valence-corrected chi connectivity index (χ3v) is 13.2. The van der Waals surface area contributed by atoms with E-state index in [4.69, 9.17) is 18.9 Å². The fourth-order valence-corrected chi connectivity index (χ4v) is 8.82. The number of carbonyl (C=O) groups excluding carboxylic acids is 3. The number of rotatable bonds is 51. The number of carbonyl (C=O) groups is 3. The molecule has 0 aliphatic carbocycles. The van der Waals surface area contributed by atoms with E-state index in [0.29, 0.717) is 31.5 Å². The monoisotopic (exact) mass is 903 g/mol. The van der Waals surface area contributed by atoms with Crippen LogP contribution in [0.1, 0.15) is 303 Å². The van der Waals surface area contributed by atoms with Crippen LogP contribution in [-0.2, 0) is 33.3 Å². The highest BCUT2D eigenvalue weighted by molar-refractivity contribution is 5.71. The van der Waals surface area contributed by atoms with Crippen LogP contribution in [0.3, 0.4) is 0 Å². The Bertz CT molecular complexity index is 1060. The molecule has 1 heterocycles.